The number of hydrogen-bond acceptors (Lipinski definition) is 8. The fraction of sp³-hybridized carbons (Fsp3) is 0.345. The van der Waals surface area contributed by atoms with Gasteiger partial charge in [-0.3, -0.25) is 4.72 Å². The van der Waals surface area contributed by atoms with Gasteiger partial charge in [-0.1, -0.05) is 12.1 Å². The van der Waals surface area contributed by atoms with Crippen LogP contribution >= 0.6 is 0 Å². The number of aryl methyl sites for hydroxylation is 1. The summed E-state index contributed by atoms with van der Waals surface area (Å²) in [6.07, 6.45) is 5.72. The molecule has 0 radical (unpaired) electrons. The number of aromatic nitrogens is 3. The first-order chi connectivity index (χ1) is 19.7. The van der Waals surface area contributed by atoms with Gasteiger partial charge in [0.2, 0.25) is 21.9 Å². The van der Waals surface area contributed by atoms with Gasteiger partial charge in [-0.05, 0) is 75.0 Å². The van der Waals surface area contributed by atoms with Crippen LogP contribution in [0.3, 0.4) is 0 Å². The Labute approximate surface area is 236 Å². The number of halogens is 2. The highest BCUT2D eigenvalue weighted by atomic mass is 32.2. The molecule has 2 aliphatic rings. The summed E-state index contributed by atoms with van der Waals surface area (Å²) in [6.45, 7) is 3.67. The lowest BCUT2D eigenvalue weighted by Gasteiger charge is -2.23. The lowest BCUT2D eigenvalue weighted by Crippen LogP contribution is -2.38. The zero-order valence-electron chi connectivity index (χ0n) is 22.5. The van der Waals surface area contributed by atoms with Gasteiger partial charge in [0, 0.05) is 35.8 Å². The van der Waals surface area contributed by atoms with Crippen molar-refractivity contribution in [2.24, 2.45) is 0 Å². The van der Waals surface area contributed by atoms with Gasteiger partial charge in [-0.15, -0.1) is 0 Å². The first-order valence-corrected chi connectivity index (χ1v) is 15.2. The number of piperidine rings is 1. The molecule has 1 aliphatic carbocycles. The van der Waals surface area contributed by atoms with Crippen LogP contribution in [-0.4, -0.2) is 53.9 Å². The molecule has 3 N–H and O–H groups in total. The molecule has 1 saturated heterocycles. The monoisotopic (exact) mass is 580 g/mol. The van der Waals surface area contributed by atoms with Crippen molar-refractivity contribution in [2.45, 2.75) is 44.3 Å². The topological polar surface area (TPSA) is 118 Å². The summed E-state index contributed by atoms with van der Waals surface area (Å²) in [4.78, 5) is 13.5. The van der Waals surface area contributed by atoms with Crippen LogP contribution in [0.1, 0.15) is 31.2 Å². The highest BCUT2D eigenvalue weighted by Gasteiger charge is 2.47. The highest BCUT2D eigenvalue weighted by molar-refractivity contribution is 7.92. The minimum absolute atomic E-state index is 0.178. The van der Waals surface area contributed by atoms with E-state index < -0.39 is 27.3 Å². The van der Waals surface area contributed by atoms with Crippen LogP contribution in [0.2, 0.25) is 0 Å². The number of alkyl halides is 1. The van der Waals surface area contributed by atoms with Gasteiger partial charge in [0.25, 0.3) is 0 Å². The average molecular weight is 581 g/mol. The van der Waals surface area contributed by atoms with Crippen LogP contribution < -0.4 is 20.1 Å². The van der Waals surface area contributed by atoms with E-state index in [1.165, 1.54) is 6.07 Å². The lowest BCUT2D eigenvalue weighted by molar-refractivity contribution is 0.341. The summed E-state index contributed by atoms with van der Waals surface area (Å²) in [5, 5.41) is 7.50. The van der Waals surface area contributed by atoms with Crippen LogP contribution in [0.4, 0.5) is 20.4 Å². The summed E-state index contributed by atoms with van der Waals surface area (Å²) in [5.41, 5.74) is -0.0491. The van der Waals surface area contributed by atoms with Crippen LogP contribution in [0.5, 0.6) is 11.6 Å². The molecule has 4 aromatic rings. The number of benzene rings is 2. The molecule has 9 nitrogen and oxygen atoms in total. The molecule has 1 saturated carbocycles. The Balaban J connectivity index is 1.34. The molecule has 3 heterocycles. The van der Waals surface area contributed by atoms with Crippen molar-refractivity contribution in [3.63, 3.8) is 0 Å². The molecular formula is C29H30F2N6O3S. The number of anilines is 2. The Bertz CT molecular complexity index is 1710. The predicted octanol–water partition coefficient (Wildman–Crippen LogP) is 5.34. The Kier molecular flexibility index (Phi) is 7.20. The molecule has 214 valence electrons. The lowest BCUT2D eigenvalue weighted by atomic mass is 10.0. The fourth-order valence-electron chi connectivity index (χ4n) is 5.01. The smallest absolute Gasteiger partial charge is 0.236 e. The Morgan fingerprint density at radius 3 is 2.71 bits per heavy atom. The molecule has 2 aromatic carbocycles. The molecule has 2 aromatic heterocycles. The molecule has 2 fully saturated rings. The van der Waals surface area contributed by atoms with Crippen molar-refractivity contribution in [2.75, 3.05) is 28.9 Å². The second-order valence-electron chi connectivity index (χ2n) is 10.7. The van der Waals surface area contributed by atoms with Crippen molar-refractivity contribution in [3.8, 4) is 22.9 Å². The van der Waals surface area contributed by atoms with Crippen LogP contribution in [0, 0.1) is 12.7 Å². The van der Waals surface area contributed by atoms with Crippen LogP contribution in [-0.2, 0) is 10.0 Å². The minimum atomic E-state index is -4.13. The molecule has 0 amide bonds. The SMILES string of the molecule is Cc1ccc2c(NS(=O)(=O)CC3(F)CC3)c(F)ccc2c1Oc1ncccc1-c1ccnc(N[C@H]2CCCNC2)n1. The van der Waals surface area contributed by atoms with Gasteiger partial charge < -0.3 is 15.4 Å². The van der Waals surface area contributed by atoms with Gasteiger partial charge in [-0.25, -0.2) is 32.2 Å². The number of fused-ring (bicyclic) bond motifs is 1. The quantitative estimate of drug-likeness (QED) is 0.243. The second kappa shape index (κ2) is 10.8. The fourth-order valence-corrected chi connectivity index (χ4v) is 6.57. The van der Waals surface area contributed by atoms with E-state index in [4.69, 9.17) is 9.72 Å². The maximum absolute atomic E-state index is 15.0. The van der Waals surface area contributed by atoms with Gasteiger partial charge in [-0.2, -0.15) is 0 Å². The van der Waals surface area contributed by atoms with E-state index in [1.54, 1.807) is 36.7 Å². The van der Waals surface area contributed by atoms with E-state index in [0.29, 0.717) is 28.3 Å². The molecule has 1 aliphatic heterocycles. The minimum Gasteiger partial charge on any atom is -0.437 e. The first kappa shape index (κ1) is 27.3. The third-order valence-corrected chi connectivity index (χ3v) is 8.74. The summed E-state index contributed by atoms with van der Waals surface area (Å²) in [7, 11) is -4.13. The number of ether oxygens (including phenoxy) is 1. The Morgan fingerprint density at radius 1 is 1.10 bits per heavy atom. The van der Waals surface area contributed by atoms with Crippen molar-refractivity contribution in [1.82, 2.24) is 20.3 Å². The Morgan fingerprint density at radius 2 is 1.93 bits per heavy atom. The van der Waals surface area contributed by atoms with Crippen molar-refractivity contribution < 1.29 is 21.9 Å². The zero-order chi connectivity index (χ0) is 28.6. The van der Waals surface area contributed by atoms with Crippen LogP contribution in [0.25, 0.3) is 22.0 Å². The second-order valence-corrected chi connectivity index (χ2v) is 12.4. The molecule has 0 spiro atoms. The summed E-state index contributed by atoms with van der Waals surface area (Å²) >= 11 is 0. The summed E-state index contributed by atoms with van der Waals surface area (Å²) in [5.74, 6) is -0.331. The van der Waals surface area contributed by atoms with E-state index >= 15 is 0 Å². The van der Waals surface area contributed by atoms with E-state index in [1.807, 2.05) is 13.0 Å². The molecular weight excluding hydrogens is 550 g/mol. The van der Waals surface area contributed by atoms with Gasteiger partial charge in [0.1, 0.15) is 23.0 Å². The Hall–Kier alpha value is -3.90. The van der Waals surface area contributed by atoms with Crippen LogP contribution in [0.15, 0.2) is 54.9 Å². The molecule has 0 unspecified atom stereocenters. The number of nitrogens with one attached hydrogen (secondary N) is 3. The van der Waals surface area contributed by atoms with E-state index in [-0.39, 0.29) is 35.8 Å². The predicted molar refractivity (Wildman–Crippen MR) is 154 cm³/mol. The molecule has 0 bridgehead atoms. The van der Waals surface area contributed by atoms with E-state index in [2.05, 4.69) is 25.3 Å². The van der Waals surface area contributed by atoms with Gasteiger partial charge >= 0.3 is 0 Å². The van der Waals surface area contributed by atoms with Gasteiger partial charge in [0.05, 0.1) is 16.9 Å². The number of rotatable bonds is 9. The number of nitrogens with zero attached hydrogens (tertiary/aromatic N) is 3. The molecule has 1 atom stereocenters. The highest BCUT2D eigenvalue weighted by Crippen LogP contribution is 2.42. The average Bonchev–Trinajstić information content (AvgIpc) is 3.68. The van der Waals surface area contributed by atoms with Crippen molar-refractivity contribution >= 4 is 32.4 Å². The molecule has 6 rings (SSSR count). The third kappa shape index (κ3) is 6.08. The third-order valence-electron chi connectivity index (χ3n) is 7.33. The maximum atomic E-state index is 15.0. The number of pyridine rings is 1. The molecule has 41 heavy (non-hydrogen) atoms. The van der Waals surface area contributed by atoms with Crippen molar-refractivity contribution in [3.05, 3.63) is 66.2 Å². The standard InChI is InChI=1S/C29H30F2N6O3S/c1-18-6-7-20-21(8-9-23(30)25(20)37-41(38,39)17-29(31)11-12-29)26(18)40-27-22(5-3-14-33-27)24-10-15-34-28(36-24)35-19-4-2-13-32-16-19/h3,5-10,14-15,19,32,37H,2,4,11-13,16-17H2,1H3,(H,34,35,36)/t19-/m0/s1. The summed E-state index contributed by atoms with van der Waals surface area (Å²) < 4.78 is 63.1. The number of sulfonamides is 1. The normalized spacial score (nSPS) is 18.2. The zero-order valence-corrected chi connectivity index (χ0v) is 23.3. The molecule has 12 heteroatoms. The van der Waals surface area contributed by atoms with E-state index in [9.17, 15) is 17.2 Å². The van der Waals surface area contributed by atoms with E-state index in [0.717, 1.165) is 37.6 Å². The number of hydrogen-bond donors (Lipinski definition) is 3. The largest absolute Gasteiger partial charge is 0.437 e. The van der Waals surface area contributed by atoms with Gasteiger partial charge in [0.15, 0.2) is 0 Å². The maximum Gasteiger partial charge on any atom is 0.236 e. The summed E-state index contributed by atoms with van der Waals surface area (Å²) in [6, 6.07) is 11.6. The first-order valence-electron chi connectivity index (χ1n) is 13.5. The van der Waals surface area contributed by atoms with Crippen molar-refractivity contribution in [1.29, 1.82) is 0 Å².